The first-order valence-corrected chi connectivity index (χ1v) is 4.04. The highest BCUT2D eigenvalue weighted by atomic mass is 16.3. The molecule has 1 aromatic rings. The Bertz CT molecular complexity index is 248. The van der Waals surface area contributed by atoms with Gasteiger partial charge in [0.05, 0.1) is 12.7 Å². The van der Waals surface area contributed by atoms with E-state index in [2.05, 4.69) is 5.32 Å². The first kappa shape index (κ1) is 9.83. The fourth-order valence-corrected chi connectivity index (χ4v) is 0.879. The molecule has 1 aromatic carbocycles. The maximum absolute atomic E-state index is 9.01. The average molecular weight is 183 g/mol. The van der Waals surface area contributed by atoms with E-state index in [1.807, 2.05) is 0 Å². The summed E-state index contributed by atoms with van der Waals surface area (Å²) in [4.78, 5) is 0. The van der Waals surface area contributed by atoms with Crippen molar-refractivity contribution in [3.8, 4) is 5.75 Å². The monoisotopic (exact) mass is 183 g/mol. The highest BCUT2D eigenvalue weighted by Crippen LogP contribution is 2.13. The molecular formula is C9H13NO3. The summed E-state index contributed by atoms with van der Waals surface area (Å²) >= 11 is 0. The van der Waals surface area contributed by atoms with E-state index < -0.39 is 6.10 Å². The summed E-state index contributed by atoms with van der Waals surface area (Å²) in [5, 5.41) is 29.4. The topological polar surface area (TPSA) is 72.7 Å². The number of anilines is 1. The molecule has 0 amide bonds. The third-order valence-electron chi connectivity index (χ3n) is 1.62. The standard InChI is InChI=1S/C9H13NO3/c11-6-9(13)5-10-7-1-3-8(12)4-2-7/h1-4,9-13H,5-6H2. The minimum atomic E-state index is -0.756. The second kappa shape index (κ2) is 4.69. The van der Waals surface area contributed by atoms with E-state index in [1.54, 1.807) is 24.3 Å². The van der Waals surface area contributed by atoms with Crippen LogP contribution >= 0.6 is 0 Å². The number of benzene rings is 1. The molecule has 0 saturated heterocycles. The SMILES string of the molecule is OCC(O)CNc1ccc(O)cc1. The highest BCUT2D eigenvalue weighted by molar-refractivity contribution is 5.45. The van der Waals surface area contributed by atoms with Crippen molar-refractivity contribution >= 4 is 5.69 Å². The number of hydrogen-bond donors (Lipinski definition) is 4. The van der Waals surface area contributed by atoms with Crippen molar-refractivity contribution in [2.75, 3.05) is 18.5 Å². The molecular weight excluding hydrogens is 170 g/mol. The number of aliphatic hydroxyl groups excluding tert-OH is 2. The van der Waals surface area contributed by atoms with Crippen LogP contribution in [0.15, 0.2) is 24.3 Å². The average Bonchev–Trinajstić information content (AvgIpc) is 2.16. The zero-order valence-corrected chi connectivity index (χ0v) is 7.14. The van der Waals surface area contributed by atoms with E-state index in [1.165, 1.54) is 0 Å². The first-order chi connectivity index (χ1) is 6.22. The molecule has 0 bridgehead atoms. The van der Waals surface area contributed by atoms with E-state index >= 15 is 0 Å². The van der Waals surface area contributed by atoms with Crippen LogP contribution in [0.5, 0.6) is 5.75 Å². The van der Waals surface area contributed by atoms with Crippen molar-refractivity contribution < 1.29 is 15.3 Å². The van der Waals surface area contributed by atoms with Gasteiger partial charge in [-0.05, 0) is 24.3 Å². The van der Waals surface area contributed by atoms with Gasteiger partial charge in [0.15, 0.2) is 0 Å². The summed E-state index contributed by atoms with van der Waals surface area (Å²) in [5.74, 6) is 0.202. The maximum atomic E-state index is 9.01. The molecule has 0 aromatic heterocycles. The van der Waals surface area contributed by atoms with Crippen LogP contribution in [0.25, 0.3) is 0 Å². The van der Waals surface area contributed by atoms with Gasteiger partial charge >= 0.3 is 0 Å². The van der Waals surface area contributed by atoms with Crippen molar-refractivity contribution in [1.29, 1.82) is 0 Å². The van der Waals surface area contributed by atoms with Gasteiger partial charge in [-0.3, -0.25) is 0 Å². The Morgan fingerprint density at radius 2 is 1.85 bits per heavy atom. The van der Waals surface area contributed by atoms with Gasteiger partial charge in [-0.25, -0.2) is 0 Å². The molecule has 1 atom stereocenters. The number of rotatable bonds is 4. The van der Waals surface area contributed by atoms with Gasteiger partial charge in [0.1, 0.15) is 5.75 Å². The predicted octanol–water partition coefficient (Wildman–Crippen LogP) is 0.157. The maximum Gasteiger partial charge on any atom is 0.115 e. The third-order valence-corrected chi connectivity index (χ3v) is 1.62. The van der Waals surface area contributed by atoms with Crippen LogP contribution < -0.4 is 5.32 Å². The summed E-state index contributed by atoms with van der Waals surface area (Å²) in [6.07, 6.45) is -0.756. The largest absolute Gasteiger partial charge is 0.508 e. The minimum absolute atomic E-state index is 0.202. The van der Waals surface area contributed by atoms with Crippen LogP contribution in [0.2, 0.25) is 0 Å². The van der Waals surface area contributed by atoms with Crippen LogP contribution in [-0.4, -0.2) is 34.6 Å². The van der Waals surface area contributed by atoms with Crippen LogP contribution in [0.3, 0.4) is 0 Å². The number of phenols is 1. The molecule has 1 unspecified atom stereocenters. The lowest BCUT2D eigenvalue weighted by Crippen LogP contribution is -2.22. The molecule has 0 heterocycles. The van der Waals surface area contributed by atoms with Gasteiger partial charge in [-0.15, -0.1) is 0 Å². The van der Waals surface area contributed by atoms with Crippen LogP contribution in [-0.2, 0) is 0 Å². The number of hydrogen-bond acceptors (Lipinski definition) is 4. The summed E-state index contributed by atoms with van der Waals surface area (Å²) < 4.78 is 0. The summed E-state index contributed by atoms with van der Waals surface area (Å²) in [6, 6.07) is 6.49. The lowest BCUT2D eigenvalue weighted by atomic mass is 10.3. The molecule has 4 N–H and O–H groups in total. The Labute approximate surface area is 76.5 Å². The number of nitrogens with one attached hydrogen (secondary N) is 1. The molecule has 0 aliphatic heterocycles. The molecule has 0 spiro atoms. The molecule has 13 heavy (non-hydrogen) atoms. The van der Waals surface area contributed by atoms with Gasteiger partial charge in [0.25, 0.3) is 0 Å². The highest BCUT2D eigenvalue weighted by Gasteiger charge is 2.00. The summed E-state index contributed by atoms with van der Waals surface area (Å²) in [6.45, 7) is 0.0341. The molecule has 1 rings (SSSR count). The molecule has 0 aliphatic carbocycles. The fraction of sp³-hybridized carbons (Fsp3) is 0.333. The third kappa shape index (κ3) is 3.31. The molecule has 4 heteroatoms. The van der Waals surface area contributed by atoms with Crippen LogP contribution in [0.1, 0.15) is 0 Å². The smallest absolute Gasteiger partial charge is 0.115 e. The molecule has 0 fully saturated rings. The first-order valence-electron chi connectivity index (χ1n) is 4.04. The zero-order chi connectivity index (χ0) is 9.68. The Morgan fingerprint density at radius 3 is 2.38 bits per heavy atom. The number of phenolic OH excluding ortho intramolecular Hbond substituents is 1. The van der Waals surface area contributed by atoms with E-state index in [0.717, 1.165) is 5.69 Å². The normalized spacial score (nSPS) is 12.5. The Hall–Kier alpha value is -1.26. The summed E-state index contributed by atoms with van der Waals surface area (Å²) in [5.41, 5.74) is 0.797. The van der Waals surface area contributed by atoms with Gasteiger partial charge in [0, 0.05) is 12.2 Å². The Morgan fingerprint density at radius 1 is 1.23 bits per heavy atom. The fourth-order valence-electron chi connectivity index (χ4n) is 0.879. The van der Waals surface area contributed by atoms with Gasteiger partial charge in [0.2, 0.25) is 0 Å². The Balaban J connectivity index is 2.41. The van der Waals surface area contributed by atoms with E-state index in [9.17, 15) is 0 Å². The van der Waals surface area contributed by atoms with Crippen molar-refractivity contribution in [3.63, 3.8) is 0 Å². The van der Waals surface area contributed by atoms with Gasteiger partial charge < -0.3 is 20.6 Å². The van der Waals surface area contributed by atoms with E-state index in [0.29, 0.717) is 6.54 Å². The lowest BCUT2D eigenvalue weighted by Gasteiger charge is -2.09. The quantitative estimate of drug-likeness (QED) is 0.502. The van der Waals surface area contributed by atoms with E-state index in [4.69, 9.17) is 15.3 Å². The van der Waals surface area contributed by atoms with Crippen LogP contribution in [0.4, 0.5) is 5.69 Å². The number of aromatic hydroxyl groups is 1. The Kier molecular flexibility index (Phi) is 3.54. The van der Waals surface area contributed by atoms with Crippen molar-refractivity contribution in [2.24, 2.45) is 0 Å². The van der Waals surface area contributed by atoms with Crippen LogP contribution in [0, 0.1) is 0 Å². The molecule has 0 radical (unpaired) electrons. The van der Waals surface area contributed by atoms with E-state index in [-0.39, 0.29) is 12.4 Å². The minimum Gasteiger partial charge on any atom is -0.508 e. The lowest BCUT2D eigenvalue weighted by molar-refractivity contribution is 0.105. The van der Waals surface area contributed by atoms with Gasteiger partial charge in [-0.1, -0.05) is 0 Å². The molecule has 4 nitrogen and oxygen atoms in total. The molecule has 72 valence electrons. The van der Waals surface area contributed by atoms with Gasteiger partial charge in [-0.2, -0.15) is 0 Å². The zero-order valence-electron chi connectivity index (χ0n) is 7.14. The van der Waals surface area contributed by atoms with Crippen molar-refractivity contribution in [1.82, 2.24) is 0 Å². The summed E-state index contributed by atoms with van der Waals surface area (Å²) in [7, 11) is 0. The second-order valence-electron chi connectivity index (χ2n) is 2.76. The van der Waals surface area contributed by atoms with Crippen molar-refractivity contribution in [2.45, 2.75) is 6.10 Å². The predicted molar refractivity (Wildman–Crippen MR) is 49.7 cm³/mol. The molecule has 0 saturated carbocycles. The second-order valence-corrected chi connectivity index (χ2v) is 2.76. The molecule has 0 aliphatic rings. The van der Waals surface area contributed by atoms with Crippen molar-refractivity contribution in [3.05, 3.63) is 24.3 Å². The number of aliphatic hydroxyl groups is 2.